The van der Waals surface area contributed by atoms with Crippen LogP contribution in [-0.4, -0.2) is 138 Å². The van der Waals surface area contributed by atoms with Crippen LogP contribution in [0.1, 0.15) is 162 Å². The molecule has 3 aromatic carbocycles. The first-order valence-corrected chi connectivity index (χ1v) is 32.9. The fourth-order valence-electron chi connectivity index (χ4n) is 14.3. The van der Waals surface area contributed by atoms with Crippen LogP contribution >= 0.6 is 11.6 Å². The number of benzene rings is 3. The molecule has 24 nitrogen and oxygen atoms in total. The van der Waals surface area contributed by atoms with E-state index in [9.17, 15) is 28.8 Å². The molecule has 0 atom stereocenters. The highest BCUT2D eigenvalue weighted by Crippen LogP contribution is 2.57. The first kappa shape index (κ1) is 68.7. The number of ether oxygens (including phenoxy) is 3. The zero-order valence-corrected chi connectivity index (χ0v) is 56.2. The van der Waals surface area contributed by atoms with Crippen molar-refractivity contribution in [1.82, 2.24) is 44.0 Å². The lowest BCUT2D eigenvalue weighted by Gasteiger charge is -2.58. The third kappa shape index (κ3) is 14.1. The normalized spacial score (nSPS) is 16.9. The van der Waals surface area contributed by atoms with Gasteiger partial charge in [0.2, 0.25) is 0 Å². The number of nitrogens with zero attached hydrogens (tertiary/aromatic N) is 9. The molecule has 3 aliphatic heterocycles. The Hall–Kier alpha value is -10.1. The lowest BCUT2D eigenvalue weighted by atomic mass is 9.60. The summed E-state index contributed by atoms with van der Waals surface area (Å²) in [6, 6.07) is 20.3. The third-order valence-corrected chi connectivity index (χ3v) is 19.2. The number of aromatic nitrogens is 6. The number of anilines is 3. The Morgan fingerprint density at radius 1 is 0.521 bits per heavy atom. The molecule has 25 heteroatoms. The number of carbonyl (C=O) groups is 6. The number of hydrogen-bond acceptors (Lipinski definition) is 15. The van der Waals surface area contributed by atoms with E-state index < -0.39 is 17.7 Å². The summed E-state index contributed by atoms with van der Waals surface area (Å²) < 4.78 is 22.1. The Balaban J connectivity index is 0.000000157. The Morgan fingerprint density at radius 3 is 1.25 bits per heavy atom. The van der Waals surface area contributed by atoms with E-state index >= 15 is 0 Å². The number of primary amides is 3. The van der Waals surface area contributed by atoms with Crippen LogP contribution in [0.4, 0.5) is 17.5 Å². The molecule has 0 radical (unpaired) electrons. The Kier molecular flexibility index (Phi) is 20.4. The molecule has 6 aliphatic rings. The quantitative estimate of drug-likeness (QED) is 0.0470. The van der Waals surface area contributed by atoms with Crippen molar-refractivity contribution in [3.8, 4) is 86.5 Å². The minimum Gasteiger partial charge on any atom is -0.494 e. The number of likely N-dealkylation sites (tertiary alicyclic amines) is 3. The maximum absolute atomic E-state index is 12.2. The second kappa shape index (κ2) is 28.5. The summed E-state index contributed by atoms with van der Waals surface area (Å²) in [6.45, 7) is 18.4. The van der Waals surface area contributed by atoms with Gasteiger partial charge in [-0.15, -0.1) is 0 Å². The van der Waals surface area contributed by atoms with Gasteiger partial charge in [0.1, 0.15) is 68.5 Å². The van der Waals surface area contributed by atoms with E-state index in [0.29, 0.717) is 78.6 Å². The third-order valence-electron chi connectivity index (χ3n) is 18.9. The van der Waals surface area contributed by atoms with Crippen LogP contribution in [0.25, 0.3) is 33.8 Å². The second-order valence-corrected chi connectivity index (χ2v) is 26.6. The van der Waals surface area contributed by atoms with Gasteiger partial charge < -0.3 is 63.3 Å². The zero-order valence-electron chi connectivity index (χ0n) is 55.4. The van der Waals surface area contributed by atoms with E-state index in [1.165, 1.54) is 0 Å². The number of hydrogen-bond donors (Lipinski definition) is 6. The molecule has 96 heavy (non-hydrogen) atoms. The molecule has 3 aromatic heterocycles. The van der Waals surface area contributed by atoms with Gasteiger partial charge in [0.15, 0.2) is 0 Å². The first-order chi connectivity index (χ1) is 45.9. The summed E-state index contributed by atoms with van der Waals surface area (Å²) in [5.74, 6) is 16.5. The van der Waals surface area contributed by atoms with E-state index in [1.54, 1.807) is 57.9 Å². The molecule has 3 saturated carbocycles. The number of nitrogens with two attached hydrogens (primary N) is 6. The van der Waals surface area contributed by atoms with Crippen LogP contribution in [0.15, 0.2) is 66.7 Å². The molecule has 3 saturated heterocycles. The summed E-state index contributed by atoms with van der Waals surface area (Å²) in [7, 11) is 0. The average molecular weight is 1330 g/mol. The number of halogens is 1. The minimum absolute atomic E-state index is 0.0407. The molecule has 6 heterocycles. The molecule has 6 aromatic rings. The summed E-state index contributed by atoms with van der Waals surface area (Å²) in [5.41, 5.74) is 40.4. The van der Waals surface area contributed by atoms with Gasteiger partial charge in [-0.3, -0.25) is 28.8 Å². The fourth-order valence-corrected chi connectivity index (χ4v) is 14.6. The van der Waals surface area contributed by atoms with E-state index in [4.69, 9.17) is 70.4 Å². The lowest BCUT2D eigenvalue weighted by Crippen LogP contribution is -2.63. The Morgan fingerprint density at radius 2 is 0.875 bits per heavy atom. The maximum Gasteiger partial charge on any atom is 0.298 e. The van der Waals surface area contributed by atoms with Gasteiger partial charge in [0.05, 0.1) is 42.5 Å². The smallest absolute Gasteiger partial charge is 0.298 e. The van der Waals surface area contributed by atoms with Gasteiger partial charge >= 0.3 is 0 Å². The highest BCUT2D eigenvalue weighted by atomic mass is 35.5. The molecule has 12 rings (SSSR count). The molecule has 6 fully saturated rings. The molecule has 0 bridgehead atoms. The van der Waals surface area contributed by atoms with Crippen molar-refractivity contribution in [1.29, 1.82) is 0 Å². The monoisotopic (exact) mass is 1330 g/mol. The zero-order chi connectivity index (χ0) is 69.0. The highest BCUT2D eigenvalue weighted by molar-refractivity contribution is 6.32. The van der Waals surface area contributed by atoms with Crippen molar-refractivity contribution in [2.24, 2.45) is 33.4 Å². The van der Waals surface area contributed by atoms with E-state index in [0.717, 1.165) is 99.9 Å². The second-order valence-electron chi connectivity index (χ2n) is 26.2. The van der Waals surface area contributed by atoms with E-state index in [2.05, 4.69) is 40.6 Å². The van der Waals surface area contributed by atoms with Gasteiger partial charge in [-0.1, -0.05) is 43.2 Å². The van der Waals surface area contributed by atoms with Crippen LogP contribution < -0.4 is 48.6 Å². The molecule has 0 unspecified atom stereocenters. The number of nitrogen functional groups attached to an aromatic ring is 3. The van der Waals surface area contributed by atoms with Crippen LogP contribution in [0.2, 0.25) is 5.02 Å². The molecule has 3 aliphatic carbocycles. The van der Waals surface area contributed by atoms with Crippen molar-refractivity contribution in [3.63, 3.8) is 0 Å². The maximum atomic E-state index is 12.2. The van der Waals surface area contributed by atoms with Crippen molar-refractivity contribution in [2.75, 3.05) is 69.7 Å². The predicted octanol–water partition coefficient (Wildman–Crippen LogP) is 8.05. The SMILES string of the molecule is CC#CC(=O)N1CC2(CC(n3nc(-c4ccc(OCCC)c(Cl)c4)c(C(N)=O)c3N)C2)C1.CC#CC(=O)N1CCC2(CC(n3nc(-c4ccc(OC(C)C)cc4)c(C(N)=O)c3N)C2)C1.CC#CC(=O)N1CCC2(CC(n3nc(-c4ccc(OCCC)cc4)c(C(N)=O)c3N)C2)C1. The number of amides is 6. The Bertz CT molecular complexity index is 4170. The summed E-state index contributed by atoms with van der Waals surface area (Å²) in [6.07, 6.45) is 8.79. The lowest BCUT2D eigenvalue weighted by molar-refractivity contribution is -0.148. The summed E-state index contributed by atoms with van der Waals surface area (Å²) >= 11 is 6.37. The summed E-state index contributed by atoms with van der Waals surface area (Å²) in [5, 5.41) is 14.5. The molecular weight excluding hydrogens is 1240 g/mol. The van der Waals surface area contributed by atoms with Crippen molar-refractivity contribution in [3.05, 3.63) is 88.4 Å². The van der Waals surface area contributed by atoms with Gasteiger partial charge in [-0.25, -0.2) is 14.0 Å². The van der Waals surface area contributed by atoms with E-state index in [-0.39, 0.29) is 86.5 Å². The van der Waals surface area contributed by atoms with Gasteiger partial charge in [0.25, 0.3) is 35.4 Å². The molecule has 12 N–H and O–H groups in total. The number of rotatable bonds is 17. The highest BCUT2D eigenvalue weighted by Gasteiger charge is 2.56. The van der Waals surface area contributed by atoms with E-state index in [1.807, 2.05) is 86.0 Å². The van der Waals surface area contributed by atoms with Crippen LogP contribution in [-0.2, 0) is 14.4 Å². The first-order valence-electron chi connectivity index (χ1n) is 32.5. The van der Waals surface area contributed by atoms with Crippen molar-refractivity contribution in [2.45, 2.75) is 137 Å². The van der Waals surface area contributed by atoms with Crippen molar-refractivity contribution < 1.29 is 43.0 Å². The van der Waals surface area contributed by atoms with Crippen LogP contribution in [0, 0.1) is 51.8 Å². The molecule has 3 spiro atoms. The molecule has 504 valence electrons. The standard InChI is InChI=1S/2C24H29N5O3.C23H26ClN5O3/c1-4-5-19(30)28-11-10-24(14-28)12-17(13-24)29-22(25)20(23(26)31)21(27-29)16-6-8-18(9-7-16)32-15(2)3;1-3-5-19(30)28-11-10-24(15-28)13-17(14-24)29-22(25)20(23(26)31)21(27-29)16-6-8-18(9-7-16)32-12-4-2;1-3-5-18(30)28-12-23(13-28)10-15(11-23)29-21(25)19(22(26)31)20(27-29)14-6-7-17(16(24)9-14)32-8-4-2/h6-9,15,17H,10-14,25H2,1-3H3,(H2,26,31);6-9,17H,4,10-15,25H2,1-2H3,(H2,26,31);6-7,9,15H,4,8,10-13,25H2,1-2H3,(H2,26,31). The largest absolute Gasteiger partial charge is 0.494 e. The summed E-state index contributed by atoms with van der Waals surface area (Å²) in [4.78, 5) is 78.1. The van der Waals surface area contributed by atoms with Gasteiger partial charge in [-0.2, -0.15) is 15.3 Å². The fraction of sp³-hybridized carbons (Fsp3) is 0.451. The molecule has 6 amide bonds. The minimum atomic E-state index is -0.640. The topological polar surface area (TPSA) is 349 Å². The average Bonchev–Trinajstić information content (AvgIpc) is 1.22. The Labute approximate surface area is 564 Å². The molecular formula is C71H84ClN15O9. The number of carbonyl (C=O) groups excluding carboxylic acids is 6. The van der Waals surface area contributed by atoms with Gasteiger partial charge in [0, 0.05) is 61.4 Å². The predicted molar refractivity (Wildman–Crippen MR) is 366 cm³/mol. The van der Waals surface area contributed by atoms with Crippen LogP contribution in [0.3, 0.4) is 0 Å². The van der Waals surface area contributed by atoms with Crippen molar-refractivity contribution >= 4 is 64.5 Å². The van der Waals surface area contributed by atoms with Crippen LogP contribution in [0.5, 0.6) is 17.2 Å². The van der Waals surface area contributed by atoms with Gasteiger partial charge in [-0.05, 0) is 194 Å².